The van der Waals surface area contributed by atoms with Crippen molar-refractivity contribution in [3.05, 3.63) is 58.2 Å². The van der Waals surface area contributed by atoms with Gasteiger partial charge in [-0.25, -0.2) is 9.79 Å². The number of hydrogen-bond acceptors (Lipinski definition) is 6. The number of esters is 1. The zero-order chi connectivity index (χ0) is 18.7. The maximum Gasteiger partial charge on any atom is 0.363 e. The second-order valence-electron chi connectivity index (χ2n) is 5.27. The summed E-state index contributed by atoms with van der Waals surface area (Å²) in [4.78, 5) is 16.5. The number of carbonyl (C=O) groups is 1. The molecule has 1 aliphatic heterocycles. The molecule has 3 rings (SSSR count). The molecule has 26 heavy (non-hydrogen) atoms. The number of benzene rings is 2. The van der Waals surface area contributed by atoms with Crippen molar-refractivity contribution in [1.29, 1.82) is 0 Å². The summed E-state index contributed by atoms with van der Waals surface area (Å²) in [7, 11) is 4.55. The SMILES string of the molecule is COc1ccc(/C=C2/N=C(c3cccc(Cl)c3)OC2=O)c(OC)c1OC. The number of hydrogen-bond donors (Lipinski definition) is 0. The summed E-state index contributed by atoms with van der Waals surface area (Å²) in [6, 6.07) is 10.4. The van der Waals surface area contributed by atoms with Gasteiger partial charge in [-0.3, -0.25) is 0 Å². The van der Waals surface area contributed by atoms with Gasteiger partial charge in [-0.1, -0.05) is 17.7 Å². The topological polar surface area (TPSA) is 66.4 Å². The fourth-order valence-corrected chi connectivity index (χ4v) is 2.73. The van der Waals surface area contributed by atoms with Crippen LogP contribution in [0, 0.1) is 0 Å². The van der Waals surface area contributed by atoms with Gasteiger partial charge in [0.25, 0.3) is 0 Å². The van der Waals surface area contributed by atoms with Gasteiger partial charge in [-0.2, -0.15) is 0 Å². The fraction of sp³-hybridized carbons (Fsp3) is 0.158. The molecule has 0 unspecified atom stereocenters. The number of nitrogens with zero attached hydrogens (tertiary/aromatic N) is 1. The van der Waals surface area contributed by atoms with E-state index in [1.165, 1.54) is 21.3 Å². The first kappa shape index (κ1) is 17.8. The molecule has 0 spiro atoms. The predicted octanol–water partition coefficient (Wildman–Crippen LogP) is 3.71. The Hall–Kier alpha value is -2.99. The number of rotatable bonds is 5. The Kier molecular flexibility index (Phi) is 5.14. The van der Waals surface area contributed by atoms with Crippen LogP contribution in [0.25, 0.3) is 6.08 Å². The zero-order valence-corrected chi connectivity index (χ0v) is 15.2. The molecule has 1 heterocycles. The number of ether oxygens (including phenoxy) is 4. The largest absolute Gasteiger partial charge is 0.493 e. The van der Waals surface area contributed by atoms with Gasteiger partial charge in [0.1, 0.15) is 0 Å². The van der Waals surface area contributed by atoms with E-state index in [1.54, 1.807) is 42.5 Å². The minimum atomic E-state index is -0.559. The Morgan fingerprint density at radius 1 is 1.04 bits per heavy atom. The number of cyclic esters (lactones) is 1. The molecule has 0 amide bonds. The smallest absolute Gasteiger partial charge is 0.363 e. The van der Waals surface area contributed by atoms with Crippen LogP contribution in [0.1, 0.15) is 11.1 Å². The van der Waals surface area contributed by atoms with Crippen LogP contribution in [0.4, 0.5) is 0 Å². The van der Waals surface area contributed by atoms with E-state index in [-0.39, 0.29) is 11.6 Å². The van der Waals surface area contributed by atoms with Crippen molar-refractivity contribution in [2.24, 2.45) is 4.99 Å². The van der Waals surface area contributed by atoms with Gasteiger partial charge < -0.3 is 18.9 Å². The highest BCUT2D eigenvalue weighted by Crippen LogP contribution is 2.40. The number of methoxy groups -OCH3 is 3. The third kappa shape index (κ3) is 3.36. The Bertz CT molecular complexity index is 920. The minimum Gasteiger partial charge on any atom is -0.493 e. The third-order valence-corrected chi connectivity index (χ3v) is 3.95. The Balaban J connectivity index is 2.03. The van der Waals surface area contributed by atoms with Crippen molar-refractivity contribution < 1.29 is 23.7 Å². The Morgan fingerprint density at radius 3 is 2.46 bits per heavy atom. The first-order chi connectivity index (χ1) is 12.6. The van der Waals surface area contributed by atoms with Crippen LogP contribution in [-0.4, -0.2) is 33.2 Å². The van der Waals surface area contributed by atoms with E-state index in [0.717, 1.165) is 0 Å². The van der Waals surface area contributed by atoms with Crippen LogP contribution >= 0.6 is 11.6 Å². The van der Waals surface area contributed by atoms with Crippen molar-refractivity contribution >= 4 is 29.5 Å². The van der Waals surface area contributed by atoms with Crippen LogP contribution in [-0.2, 0) is 9.53 Å². The Morgan fingerprint density at radius 2 is 1.81 bits per heavy atom. The maximum atomic E-state index is 12.2. The highest BCUT2D eigenvalue weighted by molar-refractivity contribution is 6.31. The molecule has 2 aromatic carbocycles. The predicted molar refractivity (Wildman–Crippen MR) is 98.2 cm³/mol. The first-order valence-corrected chi connectivity index (χ1v) is 8.02. The molecule has 0 fully saturated rings. The summed E-state index contributed by atoms with van der Waals surface area (Å²) in [6.45, 7) is 0. The third-order valence-electron chi connectivity index (χ3n) is 3.72. The lowest BCUT2D eigenvalue weighted by Gasteiger charge is -2.14. The second-order valence-corrected chi connectivity index (χ2v) is 5.71. The van der Waals surface area contributed by atoms with E-state index < -0.39 is 5.97 Å². The minimum absolute atomic E-state index is 0.144. The van der Waals surface area contributed by atoms with Crippen molar-refractivity contribution in [3.8, 4) is 17.2 Å². The fourth-order valence-electron chi connectivity index (χ4n) is 2.54. The van der Waals surface area contributed by atoms with Crippen molar-refractivity contribution in [3.63, 3.8) is 0 Å². The van der Waals surface area contributed by atoms with Gasteiger partial charge in [0.15, 0.2) is 17.2 Å². The van der Waals surface area contributed by atoms with Crippen LogP contribution in [0.2, 0.25) is 5.02 Å². The lowest BCUT2D eigenvalue weighted by atomic mass is 10.1. The molecule has 0 aliphatic carbocycles. The van der Waals surface area contributed by atoms with E-state index in [9.17, 15) is 4.79 Å². The summed E-state index contributed by atoms with van der Waals surface area (Å²) in [6.07, 6.45) is 1.57. The molecule has 0 N–H and O–H groups in total. The molecule has 0 atom stereocenters. The van der Waals surface area contributed by atoms with Gasteiger partial charge in [0.05, 0.1) is 21.3 Å². The summed E-state index contributed by atoms with van der Waals surface area (Å²) >= 11 is 5.97. The molecular formula is C19H16ClNO5. The molecule has 0 bridgehead atoms. The number of halogens is 1. The van der Waals surface area contributed by atoms with Crippen molar-refractivity contribution in [2.45, 2.75) is 0 Å². The normalized spacial score (nSPS) is 14.8. The lowest BCUT2D eigenvalue weighted by Crippen LogP contribution is -2.05. The molecule has 6 nitrogen and oxygen atoms in total. The monoisotopic (exact) mass is 373 g/mol. The molecule has 1 aliphatic rings. The number of aliphatic imine (C=N–C) groups is 1. The van der Waals surface area contributed by atoms with Crippen LogP contribution in [0.15, 0.2) is 47.1 Å². The number of carbonyl (C=O) groups excluding carboxylic acids is 1. The highest BCUT2D eigenvalue weighted by atomic mass is 35.5. The molecule has 0 radical (unpaired) electrons. The summed E-state index contributed by atoms with van der Waals surface area (Å²) < 4.78 is 21.3. The van der Waals surface area contributed by atoms with E-state index in [0.29, 0.717) is 33.4 Å². The zero-order valence-electron chi connectivity index (χ0n) is 14.4. The van der Waals surface area contributed by atoms with Crippen molar-refractivity contribution in [2.75, 3.05) is 21.3 Å². The summed E-state index contributed by atoms with van der Waals surface area (Å²) in [5, 5.41) is 0.528. The first-order valence-electron chi connectivity index (χ1n) is 7.65. The average Bonchev–Trinajstić information content (AvgIpc) is 3.01. The van der Waals surface area contributed by atoms with E-state index in [1.807, 2.05) is 0 Å². The van der Waals surface area contributed by atoms with Gasteiger partial charge in [0, 0.05) is 16.1 Å². The second kappa shape index (κ2) is 7.49. The molecule has 134 valence electrons. The van der Waals surface area contributed by atoms with Crippen molar-refractivity contribution in [1.82, 2.24) is 0 Å². The molecule has 2 aromatic rings. The van der Waals surface area contributed by atoms with E-state index in [4.69, 9.17) is 30.5 Å². The Labute approximate surface area is 155 Å². The van der Waals surface area contributed by atoms with Gasteiger partial charge in [-0.05, 0) is 36.4 Å². The molecule has 0 saturated heterocycles. The van der Waals surface area contributed by atoms with Crippen LogP contribution in [0.5, 0.6) is 17.2 Å². The molecule has 0 aromatic heterocycles. The molecular weight excluding hydrogens is 358 g/mol. The van der Waals surface area contributed by atoms with Gasteiger partial charge in [-0.15, -0.1) is 0 Å². The van der Waals surface area contributed by atoms with E-state index in [2.05, 4.69) is 4.99 Å². The van der Waals surface area contributed by atoms with Gasteiger partial charge in [0.2, 0.25) is 11.6 Å². The average molecular weight is 374 g/mol. The van der Waals surface area contributed by atoms with Crippen LogP contribution in [0.3, 0.4) is 0 Å². The van der Waals surface area contributed by atoms with E-state index >= 15 is 0 Å². The van der Waals surface area contributed by atoms with Crippen LogP contribution < -0.4 is 14.2 Å². The molecule has 7 heteroatoms. The lowest BCUT2D eigenvalue weighted by molar-refractivity contribution is -0.129. The highest BCUT2D eigenvalue weighted by Gasteiger charge is 2.25. The standard InChI is InChI=1S/C19H16ClNO5/c1-23-15-8-7-11(16(24-2)17(15)25-3)10-14-19(22)26-18(21-14)12-5-4-6-13(20)9-12/h4-10H,1-3H3/b14-10+. The summed E-state index contributed by atoms with van der Waals surface area (Å²) in [5.41, 5.74) is 1.37. The maximum absolute atomic E-state index is 12.2. The quantitative estimate of drug-likeness (QED) is 0.590. The summed E-state index contributed by atoms with van der Waals surface area (Å²) in [5.74, 6) is 1.01. The molecule has 0 saturated carbocycles. The van der Waals surface area contributed by atoms with Gasteiger partial charge >= 0.3 is 5.97 Å².